The zero-order valence-electron chi connectivity index (χ0n) is 16.0. The Morgan fingerprint density at radius 2 is 1.80 bits per heavy atom. The molecule has 1 heterocycles. The van der Waals surface area contributed by atoms with E-state index in [1.807, 2.05) is 0 Å². The topological polar surface area (TPSA) is 105 Å². The van der Waals surface area contributed by atoms with Gasteiger partial charge in [-0.05, 0) is 42.8 Å². The van der Waals surface area contributed by atoms with Crippen molar-refractivity contribution in [1.29, 1.82) is 0 Å². The highest BCUT2D eigenvalue weighted by atomic mass is 19.1. The molecule has 0 aliphatic carbocycles. The molecule has 0 bridgehead atoms. The Bertz CT molecular complexity index is 961. The van der Waals surface area contributed by atoms with Gasteiger partial charge in [-0.15, -0.1) is 0 Å². The Hall–Kier alpha value is -3.75. The second-order valence-corrected chi connectivity index (χ2v) is 6.57. The number of carbonyl (C=O) groups is 4. The standard InChI is InChI=1S/C21H20FN3O5/c22-17-5-2-1-4-16(17)21(29)23-12-20(28)30-13-18(26)24-14-7-9-15(10-8-14)25-11-3-6-19(25)27/h1-2,4-5,7-10H,3,6,11-13H2,(H,23,29)(H,24,26). The Morgan fingerprint density at radius 1 is 1.07 bits per heavy atom. The van der Waals surface area contributed by atoms with E-state index in [-0.39, 0.29) is 11.5 Å². The molecule has 2 aromatic carbocycles. The zero-order valence-corrected chi connectivity index (χ0v) is 16.0. The van der Waals surface area contributed by atoms with Gasteiger partial charge in [0.1, 0.15) is 12.4 Å². The molecular weight excluding hydrogens is 393 g/mol. The number of carbonyl (C=O) groups excluding carboxylic acids is 4. The maximum atomic E-state index is 13.5. The summed E-state index contributed by atoms with van der Waals surface area (Å²) in [6.07, 6.45) is 1.36. The van der Waals surface area contributed by atoms with Crippen LogP contribution in [0, 0.1) is 5.82 Å². The molecule has 156 valence electrons. The Balaban J connectivity index is 1.41. The van der Waals surface area contributed by atoms with E-state index in [0.717, 1.165) is 18.2 Å². The fourth-order valence-corrected chi connectivity index (χ4v) is 2.93. The summed E-state index contributed by atoms with van der Waals surface area (Å²) >= 11 is 0. The van der Waals surface area contributed by atoms with Crippen molar-refractivity contribution in [3.05, 3.63) is 59.9 Å². The number of anilines is 2. The number of rotatable bonds is 7. The molecule has 9 heteroatoms. The van der Waals surface area contributed by atoms with Crippen molar-refractivity contribution in [2.24, 2.45) is 0 Å². The number of hydrogen-bond donors (Lipinski definition) is 2. The molecular formula is C21H20FN3O5. The molecule has 0 spiro atoms. The maximum absolute atomic E-state index is 13.5. The molecule has 2 N–H and O–H groups in total. The lowest BCUT2D eigenvalue weighted by molar-refractivity contribution is -0.146. The molecule has 0 saturated carbocycles. The number of nitrogens with zero attached hydrogens (tertiary/aromatic N) is 1. The van der Waals surface area contributed by atoms with Crippen LogP contribution < -0.4 is 15.5 Å². The third-order valence-electron chi connectivity index (χ3n) is 4.41. The molecule has 1 aliphatic rings. The molecule has 30 heavy (non-hydrogen) atoms. The molecule has 8 nitrogen and oxygen atoms in total. The molecule has 0 aromatic heterocycles. The summed E-state index contributed by atoms with van der Waals surface area (Å²) in [6.45, 7) is -0.367. The monoisotopic (exact) mass is 413 g/mol. The van der Waals surface area contributed by atoms with E-state index in [1.165, 1.54) is 18.2 Å². The van der Waals surface area contributed by atoms with Crippen LogP contribution in [0.2, 0.25) is 0 Å². The van der Waals surface area contributed by atoms with Gasteiger partial charge in [-0.3, -0.25) is 19.2 Å². The highest BCUT2D eigenvalue weighted by molar-refractivity contribution is 5.97. The SMILES string of the molecule is O=C(COC(=O)CNC(=O)c1ccccc1F)Nc1ccc(N2CCCC2=O)cc1. The summed E-state index contributed by atoms with van der Waals surface area (Å²) < 4.78 is 18.3. The summed E-state index contributed by atoms with van der Waals surface area (Å²) in [5.74, 6) is -2.79. The zero-order chi connectivity index (χ0) is 21.5. The van der Waals surface area contributed by atoms with Gasteiger partial charge in [0.05, 0.1) is 5.56 Å². The lowest BCUT2D eigenvalue weighted by Gasteiger charge is -2.16. The predicted octanol–water partition coefficient (Wildman–Crippen LogP) is 1.86. The average molecular weight is 413 g/mol. The first kappa shape index (κ1) is 21.0. The summed E-state index contributed by atoms with van der Waals surface area (Å²) in [6, 6.07) is 12.1. The van der Waals surface area contributed by atoms with E-state index in [1.54, 1.807) is 29.2 Å². The number of benzene rings is 2. The van der Waals surface area contributed by atoms with Crippen molar-refractivity contribution in [2.45, 2.75) is 12.8 Å². The van der Waals surface area contributed by atoms with E-state index in [0.29, 0.717) is 18.7 Å². The number of nitrogens with one attached hydrogen (secondary N) is 2. The predicted molar refractivity (Wildman–Crippen MR) is 106 cm³/mol. The molecule has 1 aliphatic heterocycles. The second-order valence-electron chi connectivity index (χ2n) is 6.57. The van der Waals surface area contributed by atoms with Crippen LogP contribution in [-0.4, -0.2) is 43.4 Å². The van der Waals surface area contributed by atoms with Gasteiger partial charge in [-0.2, -0.15) is 0 Å². The summed E-state index contributed by atoms with van der Waals surface area (Å²) in [5, 5.41) is 4.80. The van der Waals surface area contributed by atoms with Gasteiger partial charge < -0.3 is 20.3 Å². The van der Waals surface area contributed by atoms with Crippen molar-refractivity contribution in [3.63, 3.8) is 0 Å². The fourth-order valence-electron chi connectivity index (χ4n) is 2.93. The molecule has 2 aromatic rings. The van der Waals surface area contributed by atoms with Gasteiger partial charge >= 0.3 is 5.97 Å². The van der Waals surface area contributed by atoms with E-state index in [2.05, 4.69) is 10.6 Å². The first-order chi connectivity index (χ1) is 14.4. The van der Waals surface area contributed by atoms with Crippen LogP contribution in [0.3, 0.4) is 0 Å². The molecule has 0 unspecified atom stereocenters. The van der Waals surface area contributed by atoms with Gasteiger partial charge in [-0.25, -0.2) is 4.39 Å². The van der Waals surface area contributed by atoms with Crippen LogP contribution in [0.5, 0.6) is 0 Å². The van der Waals surface area contributed by atoms with Crippen LogP contribution in [0.1, 0.15) is 23.2 Å². The lowest BCUT2D eigenvalue weighted by Crippen LogP contribution is -2.32. The number of esters is 1. The smallest absolute Gasteiger partial charge is 0.325 e. The Labute approximate surface area is 172 Å². The summed E-state index contributed by atoms with van der Waals surface area (Å²) in [7, 11) is 0. The normalized spacial score (nSPS) is 13.1. The fraction of sp³-hybridized carbons (Fsp3) is 0.238. The van der Waals surface area contributed by atoms with Crippen molar-refractivity contribution >= 4 is 35.1 Å². The maximum Gasteiger partial charge on any atom is 0.325 e. The quantitative estimate of drug-likeness (QED) is 0.675. The molecule has 0 radical (unpaired) electrons. The van der Waals surface area contributed by atoms with Crippen LogP contribution in [0.25, 0.3) is 0 Å². The molecule has 1 fully saturated rings. The first-order valence-corrected chi connectivity index (χ1v) is 9.32. The third-order valence-corrected chi connectivity index (χ3v) is 4.41. The average Bonchev–Trinajstić information content (AvgIpc) is 3.17. The molecule has 1 saturated heterocycles. The number of ether oxygens (including phenoxy) is 1. The largest absolute Gasteiger partial charge is 0.454 e. The Kier molecular flexibility index (Phi) is 6.74. The minimum absolute atomic E-state index is 0.0702. The van der Waals surface area contributed by atoms with Crippen molar-refractivity contribution < 1.29 is 28.3 Å². The van der Waals surface area contributed by atoms with Crippen LogP contribution >= 0.6 is 0 Å². The minimum atomic E-state index is -0.835. The van der Waals surface area contributed by atoms with Gasteiger partial charge in [0.2, 0.25) is 5.91 Å². The van der Waals surface area contributed by atoms with Crippen LogP contribution in [0.4, 0.5) is 15.8 Å². The van der Waals surface area contributed by atoms with Gasteiger partial charge in [-0.1, -0.05) is 12.1 Å². The third kappa shape index (κ3) is 5.40. The lowest BCUT2D eigenvalue weighted by atomic mass is 10.2. The second kappa shape index (κ2) is 9.64. The molecule has 3 rings (SSSR count). The number of hydrogen-bond acceptors (Lipinski definition) is 5. The molecule has 3 amide bonds. The Morgan fingerprint density at radius 3 is 2.47 bits per heavy atom. The van der Waals surface area contributed by atoms with Gasteiger partial charge in [0.15, 0.2) is 6.61 Å². The summed E-state index contributed by atoms with van der Waals surface area (Å²) in [4.78, 5) is 48.9. The van der Waals surface area contributed by atoms with Gasteiger partial charge in [0.25, 0.3) is 11.8 Å². The van der Waals surface area contributed by atoms with Crippen molar-refractivity contribution in [3.8, 4) is 0 Å². The highest BCUT2D eigenvalue weighted by Crippen LogP contribution is 2.22. The van der Waals surface area contributed by atoms with Crippen molar-refractivity contribution in [1.82, 2.24) is 5.32 Å². The van der Waals surface area contributed by atoms with E-state index in [9.17, 15) is 23.6 Å². The van der Waals surface area contributed by atoms with E-state index in [4.69, 9.17) is 4.74 Å². The van der Waals surface area contributed by atoms with Crippen molar-refractivity contribution in [2.75, 3.05) is 29.9 Å². The summed E-state index contributed by atoms with van der Waals surface area (Å²) in [5.41, 5.74) is 1.05. The van der Waals surface area contributed by atoms with Crippen LogP contribution in [0.15, 0.2) is 48.5 Å². The number of halogens is 1. The molecule has 0 atom stereocenters. The van der Waals surface area contributed by atoms with E-state index < -0.39 is 36.8 Å². The minimum Gasteiger partial charge on any atom is -0.454 e. The van der Waals surface area contributed by atoms with Crippen LogP contribution in [-0.2, 0) is 19.1 Å². The van der Waals surface area contributed by atoms with Gasteiger partial charge in [0, 0.05) is 24.3 Å². The van der Waals surface area contributed by atoms with E-state index >= 15 is 0 Å². The number of amides is 3. The first-order valence-electron chi connectivity index (χ1n) is 9.32. The highest BCUT2D eigenvalue weighted by Gasteiger charge is 2.21.